The van der Waals surface area contributed by atoms with E-state index in [9.17, 15) is 5.11 Å². The Kier molecular flexibility index (Phi) is 4.43. The summed E-state index contributed by atoms with van der Waals surface area (Å²) >= 11 is 0. The van der Waals surface area contributed by atoms with E-state index in [0.29, 0.717) is 19.4 Å². The molecule has 0 aliphatic heterocycles. The Morgan fingerprint density at radius 3 is 2.93 bits per heavy atom. The molecule has 0 aliphatic carbocycles. The van der Waals surface area contributed by atoms with Crippen molar-refractivity contribution in [3.05, 3.63) is 29.8 Å². The van der Waals surface area contributed by atoms with Crippen molar-refractivity contribution in [2.75, 3.05) is 13.7 Å². The number of rotatable bonds is 5. The van der Waals surface area contributed by atoms with Gasteiger partial charge >= 0.3 is 0 Å². The Labute approximate surface area is 84.5 Å². The van der Waals surface area contributed by atoms with Crippen molar-refractivity contribution in [2.24, 2.45) is 5.73 Å². The molecule has 1 atom stereocenters. The molecule has 0 aromatic heterocycles. The largest absolute Gasteiger partial charge is 0.497 e. The molecular weight excluding hydrogens is 178 g/mol. The lowest BCUT2D eigenvalue weighted by molar-refractivity contribution is 0.167. The molecule has 3 heteroatoms. The topological polar surface area (TPSA) is 55.5 Å². The van der Waals surface area contributed by atoms with Gasteiger partial charge in [0.2, 0.25) is 0 Å². The van der Waals surface area contributed by atoms with Gasteiger partial charge in [-0.3, -0.25) is 0 Å². The van der Waals surface area contributed by atoms with E-state index in [1.165, 1.54) is 0 Å². The quantitative estimate of drug-likeness (QED) is 0.735. The van der Waals surface area contributed by atoms with Crippen LogP contribution in [-0.4, -0.2) is 24.9 Å². The number of nitrogens with two attached hydrogens (primary N) is 1. The molecule has 0 saturated heterocycles. The zero-order valence-corrected chi connectivity index (χ0v) is 8.44. The molecule has 0 bridgehead atoms. The number of aliphatic hydroxyl groups is 1. The highest BCUT2D eigenvalue weighted by atomic mass is 16.5. The molecular formula is C11H17NO2. The molecule has 0 saturated carbocycles. The van der Waals surface area contributed by atoms with Gasteiger partial charge in [-0.05, 0) is 37.1 Å². The maximum atomic E-state index is 9.55. The molecule has 0 aliphatic rings. The Morgan fingerprint density at radius 1 is 1.50 bits per heavy atom. The van der Waals surface area contributed by atoms with Crippen molar-refractivity contribution < 1.29 is 9.84 Å². The normalized spacial score (nSPS) is 12.5. The fourth-order valence-electron chi connectivity index (χ4n) is 1.37. The van der Waals surface area contributed by atoms with E-state index in [-0.39, 0.29) is 6.10 Å². The van der Waals surface area contributed by atoms with E-state index in [2.05, 4.69) is 0 Å². The molecule has 1 aromatic carbocycles. The Hall–Kier alpha value is -1.06. The number of methoxy groups -OCH3 is 1. The molecule has 14 heavy (non-hydrogen) atoms. The predicted octanol–water partition coefficient (Wildman–Crippen LogP) is 0.947. The summed E-state index contributed by atoms with van der Waals surface area (Å²) in [5, 5.41) is 9.55. The van der Waals surface area contributed by atoms with Crippen molar-refractivity contribution in [2.45, 2.75) is 18.9 Å². The molecule has 3 nitrogen and oxygen atoms in total. The van der Waals surface area contributed by atoms with E-state index < -0.39 is 0 Å². The summed E-state index contributed by atoms with van der Waals surface area (Å²) in [6, 6.07) is 7.71. The van der Waals surface area contributed by atoms with Crippen LogP contribution in [0.1, 0.15) is 12.0 Å². The van der Waals surface area contributed by atoms with Crippen LogP contribution in [0.3, 0.4) is 0 Å². The number of aliphatic hydroxyl groups excluding tert-OH is 1. The van der Waals surface area contributed by atoms with Crippen molar-refractivity contribution in [3.8, 4) is 5.75 Å². The highest BCUT2D eigenvalue weighted by Crippen LogP contribution is 2.14. The zero-order valence-electron chi connectivity index (χ0n) is 8.44. The predicted molar refractivity (Wildman–Crippen MR) is 56.4 cm³/mol. The third kappa shape index (κ3) is 3.36. The Balaban J connectivity index is 2.57. The number of benzene rings is 1. The highest BCUT2D eigenvalue weighted by molar-refractivity contribution is 5.28. The smallest absolute Gasteiger partial charge is 0.119 e. The standard InChI is InChI=1S/C11H17NO2/c1-14-11-4-2-3-9(8-11)7-10(13)5-6-12/h2-4,8,10,13H,5-7,12H2,1H3. The van der Waals surface area contributed by atoms with Crippen molar-refractivity contribution in [3.63, 3.8) is 0 Å². The average Bonchev–Trinajstić information content (AvgIpc) is 2.18. The summed E-state index contributed by atoms with van der Waals surface area (Å²) in [6.45, 7) is 0.519. The van der Waals surface area contributed by atoms with Crippen LogP contribution in [0.25, 0.3) is 0 Å². The van der Waals surface area contributed by atoms with E-state index >= 15 is 0 Å². The van der Waals surface area contributed by atoms with E-state index in [1.807, 2.05) is 24.3 Å². The summed E-state index contributed by atoms with van der Waals surface area (Å²) in [5.74, 6) is 0.822. The maximum Gasteiger partial charge on any atom is 0.119 e. The first kappa shape index (κ1) is 11.0. The Morgan fingerprint density at radius 2 is 2.29 bits per heavy atom. The monoisotopic (exact) mass is 195 g/mol. The lowest BCUT2D eigenvalue weighted by Gasteiger charge is -2.09. The van der Waals surface area contributed by atoms with Gasteiger partial charge in [0.05, 0.1) is 13.2 Å². The van der Waals surface area contributed by atoms with Crippen LogP contribution in [0.15, 0.2) is 24.3 Å². The molecule has 0 radical (unpaired) electrons. The maximum absolute atomic E-state index is 9.55. The van der Waals surface area contributed by atoms with Gasteiger partial charge < -0.3 is 15.6 Å². The second-order valence-corrected chi connectivity index (χ2v) is 3.29. The zero-order chi connectivity index (χ0) is 10.4. The highest BCUT2D eigenvalue weighted by Gasteiger charge is 2.04. The number of ether oxygens (including phenoxy) is 1. The summed E-state index contributed by atoms with van der Waals surface area (Å²) in [7, 11) is 1.63. The Bertz CT molecular complexity index is 276. The first-order valence-electron chi connectivity index (χ1n) is 4.77. The lowest BCUT2D eigenvalue weighted by Crippen LogP contribution is -2.15. The molecule has 0 heterocycles. The average molecular weight is 195 g/mol. The third-order valence-electron chi connectivity index (χ3n) is 2.11. The molecule has 1 aromatic rings. The molecule has 3 N–H and O–H groups in total. The SMILES string of the molecule is COc1cccc(CC(O)CCN)c1. The minimum atomic E-state index is -0.355. The lowest BCUT2D eigenvalue weighted by atomic mass is 10.1. The first-order chi connectivity index (χ1) is 6.76. The fraction of sp³-hybridized carbons (Fsp3) is 0.455. The van der Waals surface area contributed by atoms with Gasteiger partial charge in [0, 0.05) is 0 Å². The second-order valence-electron chi connectivity index (χ2n) is 3.29. The van der Waals surface area contributed by atoms with Crippen LogP contribution in [0.2, 0.25) is 0 Å². The van der Waals surface area contributed by atoms with Gasteiger partial charge in [-0.15, -0.1) is 0 Å². The van der Waals surface area contributed by atoms with Gasteiger partial charge in [0.1, 0.15) is 5.75 Å². The van der Waals surface area contributed by atoms with Gasteiger partial charge in [-0.1, -0.05) is 12.1 Å². The molecule has 1 unspecified atom stereocenters. The van der Waals surface area contributed by atoms with Crippen molar-refractivity contribution in [1.29, 1.82) is 0 Å². The van der Waals surface area contributed by atoms with Crippen LogP contribution in [0.4, 0.5) is 0 Å². The molecule has 0 fully saturated rings. The molecule has 1 rings (SSSR count). The van der Waals surface area contributed by atoms with Gasteiger partial charge in [-0.2, -0.15) is 0 Å². The molecule has 0 amide bonds. The van der Waals surface area contributed by atoms with Crippen LogP contribution in [-0.2, 0) is 6.42 Å². The van der Waals surface area contributed by atoms with Crippen LogP contribution >= 0.6 is 0 Å². The molecule has 0 spiro atoms. The van der Waals surface area contributed by atoms with Crippen molar-refractivity contribution in [1.82, 2.24) is 0 Å². The second kappa shape index (κ2) is 5.62. The minimum Gasteiger partial charge on any atom is -0.497 e. The summed E-state index contributed by atoms with van der Waals surface area (Å²) in [6.07, 6.45) is 0.915. The van der Waals surface area contributed by atoms with E-state index in [1.54, 1.807) is 7.11 Å². The number of hydrogen-bond acceptors (Lipinski definition) is 3. The van der Waals surface area contributed by atoms with Gasteiger partial charge in [0.15, 0.2) is 0 Å². The van der Waals surface area contributed by atoms with Crippen molar-refractivity contribution >= 4 is 0 Å². The van der Waals surface area contributed by atoms with Crippen LogP contribution in [0.5, 0.6) is 5.75 Å². The fourth-order valence-corrected chi connectivity index (χ4v) is 1.37. The van der Waals surface area contributed by atoms with E-state index in [4.69, 9.17) is 10.5 Å². The third-order valence-corrected chi connectivity index (χ3v) is 2.11. The molecule has 78 valence electrons. The minimum absolute atomic E-state index is 0.355. The van der Waals surface area contributed by atoms with Gasteiger partial charge in [0.25, 0.3) is 0 Å². The summed E-state index contributed by atoms with van der Waals surface area (Å²) in [5.41, 5.74) is 6.43. The number of hydrogen-bond donors (Lipinski definition) is 2. The van der Waals surface area contributed by atoms with Gasteiger partial charge in [-0.25, -0.2) is 0 Å². The summed E-state index contributed by atoms with van der Waals surface area (Å²) in [4.78, 5) is 0. The summed E-state index contributed by atoms with van der Waals surface area (Å²) < 4.78 is 5.09. The van der Waals surface area contributed by atoms with Crippen LogP contribution in [0, 0.1) is 0 Å². The van der Waals surface area contributed by atoms with E-state index in [0.717, 1.165) is 11.3 Å². The first-order valence-corrected chi connectivity index (χ1v) is 4.77. The van der Waals surface area contributed by atoms with Crippen LogP contribution < -0.4 is 10.5 Å².